The maximum atomic E-state index is 13.1. The van der Waals surface area contributed by atoms with Crippen LogP contribution in [-0.4, -0.2) is 20.8 Å². The number of carbonyl (C=O) groups is 1. The van der Waals surface area contributed by atoms with Gasteiger partial charge in [-0.25, -0.2) is 9.97 Å². The van der Waals surface area contributed by atoms with Crippen LogP contribution >= 0.6 is 0 Å². The molecule has 26 heavy (non-hydrogen) atoms. The fourth-order valence-electron chi connectivity index (χ4n) is 3.51. The van der Waals surface area contributed by atoms with E-state index in [1.165, 1.54) is 0 Å². The molecule has 1 unspecified atom stereocenters. The molecular formula is C21H20N4O. The normalized spacial score (nSPS) is 15.7. The van der Waals surface area contributed by atoms with Crippen LogP contribution in [0.4, 0.5) is 5.82 Å². The highest BCUT2D eigenvalue weighted by atomic mass is 16.2. The number of nitrogen functional groups attached to an aromatic ring is 1. The van der Waals surface area contributed by atoms with Crippen LogP contribution in [0.15, 0.2) is 60.7 Å². The molecule has 1 aliphatic heterocycles. The van der Waals surface area contributed by atoms with Gasteiger partial charge in [-0.3, -0.25) is 4.79 Å². The first kappa shape index (κ1) is 16.3. The fraction of sp³-hybridized carbons (Fsp3) is 0.190. The molecule has 4 rings (SSSR count). The van der Waals surface area contributed by atoms with Crippen LogP contribution in [0.2, 0.25) is 0 Å². The van der Waals surface area contributed by atoms with Crippen molar-refractivity contribution in [3.05, 3.63) is 88.9 Å². The van der Waals surface area contributed by atoms with Crippen molar-refractivity contribution >= 4 is 11.7 Å². The molecular weight excluding hydrogens is 324 g/mol. The van der Waals surface area contributed by atoms with Gasteiger partial charge < -0.3 is 10.6 Å². The summed E-state index contributed by atoms with van der Waals surface area (Å²) in [6, 6.07) is 19.3. The van der Waals surface area contributed by atoms with Gasteiger partial charge in [-0.05, 0) is 31.0 Å². The van der Waals surface area contributed by atoms with E-state index in [4.69, 9.17) is 5.73 Å². The van der Waals surface area contributed by atoms with Gasteiger partial charge in [0.1, 0.15) is 11.6 Å². The summed E-state index contributed by atoms with van der Waals surface area (Å²) >= 11 is 0. The smallest absolute Gasteiger partial charge is 0.254 e. The number of aryl methyl sites for hydroxylation is 1. The van der Waals surface area contributed by atoms with Crippen LogP contribution in [0.25, 0.3) is 0 Å². The van der Waals surface area contributed by atoms with Crippen molar-refractivity contribution < 1.29 is 4.79 Å². The third-order valence-electron chi connectivity index (χ3n) is 4.76. The number of carbonyl (C=O) groups excluding carboxylic acids is 1. The predicted octanol–water partition coefficient (Wildman–Crippen LogP) is 3.31. The zero-order valence-corrected chi connectivity index (χ0v) is 14.6. The second kappa shape index (κ2) is 6.59. The van der Waals surface area contributed by atoms with Crippen molar-refractivity contribution in [1.29, 1.82) is 0 Å². The van der Waals surface area contributed by atoms with Crippen molar-refractivity contribution in [3.63, 3.8) is 0 Å². The molecule has 1 aliphatic rings. The molecule has 5 heteroatoms. The van der Waals surface area contributed by atoms with E-state index in [-0.39, 0.29) is 11.9 Å². The van der Waals surface area contributed by atoms with Gasteiger partial charge in [-0.2, -0.15) is 0 Å². The van der Waals surface area contributed by atoms with E-state index in [1.54, 1.807) is 0 Å². The fourth-order valence-corrected chi connectivity index (χ4v) is 3.51. The molecule has 1 amide bonds. The minimum atomic E-state index is -0.149. The Morgan fingerprint density at radius 1 is 1.08 bits per heavy atom. The molecule has 0 saturated heterocycles. The Balaban J connectivity index is 1.75. The van der Waals surface area contributed by atoms with Crippen LogP contribution in [-0.2, 0) is 13.0 Å². The van der Waals surface area contributed by atoms with E-state index >= 15 is 0 Å². The van der Waals surface area contributed by atoms with Crippen LogP contribution in [0.1, 0.15) is 39.0 Å². The number of nitrogens with two attached hydrogens (primary N) is 1. The minimum absolute atomic E-state index is 0.0124. The summed E-state index contributed by atoms with van der Waals surface area (Å²) in [5, 5.41) is 0. The van der Waals surface area contributed by atoms with E-state index in [1.807, 2.05) is 60.4 Å². The number of amides is 1. The molecule has 3 aromatic rings. The van der Waals surface area contributed by atoms with Gasteiger partial charge >= 0.3 is 0 Å². The summed E-state index contributed by atoms with van der Waals surface area (Å²) in [5.74, 6) is 1.09. The lowest BCUT2D eigenvalue weighted by molar-refractivity contribution is 0.0689. The maximum absolute atomic E-state index is 13.1. The number of anilines is 1. The van der Waals surface area contributed by atoms with Crippen LogP contribution in [0, 0.1) is 6.92 Å². The molecule has 1 aromatic heterocycles. The van der Waals surface area contributed by atoms with Gasteiger partial charge in [0.15, 0.2) is 0 Å². The molecule has 0 aliphatic carbocycles. The van der Waals surface area contributed by atoms with E-state index in [0.717, 1.165) is 16.8 Å². The molecule has 5 nitrogen and oxygen atoms in total. The van der Waals surface area contributed by atoms with Gasteiger partial charge in [-0.15, -0.1) is 0 Å². The third-order valence-corrected chi connectivity index (χ3v) is 4.76. The Kier molecular flexibility index (Phi) is 4.13. The SMILES string of the molecule is Cc1nc(N)c2c(n1)C(Cc1ccccc1)N(C(=O)c1ccccc1)C2. The summed E-state index contributed by atoms with van der Waals surface area (Å²) < 4.78 is 0. The van der Waals surface area contributed by atoms with Crippen LogP contribution in [0.5, 0.6) is 0 Å². The number of hydrogen-bond acceptors (Lipinski definition) is 4. The topological polar surface area (TPSA) is 72.1 Å². The molecule has 130 valence electrons. The highest BCUT2D eigenvalue weighted by Gasteiger charge is 2.37. The standard InChI is InChI=1S/C21H20N4O/c1-14-23-19-17(20(22)24-14)13-25(21(26)16-10-6-3-7-11-16)18(19)12-15-8-4-2-5-9-15/h2-11,18H,12-13H2,1H3,(H2,22,23,24). The first-order chi connectivity index (χ1) is 12.6. The number of nitrogens with zero attached hydrogens (tertiary/aromatic N) is 3. The van der Waals surface area contributed by atoms with Crippen molar-refractivity contribution in [1.82, 2.24) is 14.9 Å². The second-order valence-corrected chi connectivity index (χ2v) is 6.52. The molecule has 2 N–H and O–H groups in total. The summed E-state index contributed by atoms with van der Waals surface area (Å²) in [4.78, 5) is 23.9. The Morgan fingerprint density at radius 3 is 2.42 bits per heavy atom. The molecule has 2 aromatic carbocycles. The molecule has 0 fully saturated rings. The second-order valence-electron chi connectivity index (χ2n) is 6.52. The minimum Gasteiger partial charge on any atom is -0.383 e. The Bertz CT molecular complexity index is 941. The summed E-state index contributed by atoms with van der Waals surface area (Å²) in [7, 11) is 0. The zero-order valence-electron chi connectivity index (χ0n) is 14.6. The zero-order chi connectivity index (χ0) is 18.1. The predicted molar refractivity (Wildman–Crippen MR) is 100 cm³/mol. The van der Waals surface area contributed by atoms with E-state index < -0.39 is 0 Å². The lowest BCUT2D eigenvalue weighted by Gasteiger charge is -2.25. The summed E-state index contributed by atoms with van der Waals surface area (Å²) in [6.45, 7) is 2.27. The van der Waals surface area contributed by atoms with Gasteiger partial charge in [0.25, 0.3) is 5.91 Å². The molecule has 0 radical (unpaired) electrons. The third kappa shape index (κ3) is 2.92. The van der Waals surface area contributed by atoms with Crippen molar-refractivity contribution in [2.45, 2.75) is 25.9 Å². The Labute approximate surface area is 152 Å². The molecule has 2 heterocycles. The monoisotopic (exact) mass is 344 g/mol. The summed E-state index contributed by atoms with van der Waals surface area (Å²) in [5.41, 5.74) is 9.69. The number of rotatable bonds is 3. The van der Waals surface area contributed by atoms with Crippen LogP contribution < -0.4 is 5.73 Å². The number of fused-ring (bicyclic) bond motifs is 1. The Morgan fingerprint density at radius 2 is 1.73 bits per heavy atom. The van der Waals surface area contributed by atoms with E-state index in [2.05, 4.69) is 22.1 Å². The average molecular weight is 344 g/mol. The lowest BCUT2D eigenvalue weighted by atomic mass is 10.0. The highest BCUT2D eigenvalue weighted by Crippen LogP contribution is 2.38. The van der Waals surface area contributed by atoms with Gasteiger partial charge in [-0.1, -0.05) is 48.5 Å². The van der Waals surface area contributed by atoms with Crippen molar-refractivity contribution in [2.24, 2.45) is 0 Å². The average Bonchev–Trinajstić information content (AvgIpc) is 3.01. The van der Waals surface area contributed by atoms with E-state index in [9.17, 15) is 4.79 Å². The molecule has 0 spiro atoms. The van der Waals surface area contributed by atoms with Crippen molar-refractivity contribution in [3.8, 4) is 0 Å². The van der Waals surface area contributed by atoms with Crippen LogP contribution in [0.3, 0.4) is 0 Å². The first-order valence-corrected chi connectivity index (χ1v) is 8.66. The Hall–Kier alpha value is -3.21. The number of benzene rings is 2. The molecule has 1 atom stereocenters. The highest BCUT2D eigenvalue weighted by molar-refractivity contribution is 5.95. The quantitative estimate of drug-likeness (QED) is 0.791. The molecule has 0 bridgehead atoms. The first-order valence-electron chi connectivity index (χ1n) is 8.66. The van der Waals surface area contributed by atoms with Gasteiger partial charge in [0, 0.05) is 11.1 Å². The van der Waals surface area contributed by atoms with E-state index in [0.29, 0.717) is 30.2 Å². The van der Waals surface area contributed by atoms with Gasteiger partial charge in [0.05, 0.1) is 18.3 Å². The largest absolute Gasteiger partial charge is 0.383 e. The van der Waals surface area contributed by atoms with Crippen molar-refractivity contribution in [2.75, 3.05) is 5.73 Å². The molecule has 0 saturated carbocycles. The maximum Gasteiger partial charge on any atom is 0.254 e. The number of aromatic nitrogens is 2. The lowest BCUT2D eigenvalue weighted by Crippen LogP contribution is -2.31. The number of hydrogen-bond donors (Lipinski definition) is 1. The summed E-state index contributed by atoms with van der Waals surface area (Å²) in [6.07, 6.45) is 0.697. The van der Waals surface area contributed by atoms with Gasteiger partial charge in [0.2, 0.25) is 0 Å².